The fourth-order valence-corrected chi connectivity index (χ4v) is 3.77. The van der Waals surface area contributed by atoms with Crippen molar-refractivity contribution in [2.75, 3.05) is 32.1 Å². The minimum Gasteiger partial charge on any atom is -0.395 e. The summed E-state index contributed by atoms with van der Waals surface area (Å²) in [5.74, 6) is -0.932. The summed E-state index contributed by atoms with van der Waals surface area (Å²) in [4.78, 5) is 30.6. The van der Waals surface area contributed by atoms with Gasteiger partial charge in [0, 0.05) is 13.0 Å². The first-order valence-electron chi connectivity index (χ1n) is 8.57. The van der Waals surface area contributed by atoms with Crippen molar-refractivity contribution in [1.82, 2.24) is 4.98 Å². The number of benzene rings is 1. The lowest BCUT2D eigenvalue weighted by molar-refractivity contribution is -0.858. The van der Waals surface area contributed by atoms with Gasteiger partial charge in [-0.1, -0.05) is 17.4 Å². The Balaban J connectivity index is 1.93. The lowest BCUT2D eigenvalue weighted by atomic mass is 10.2. The zero-order valence-electron chi connectivity index (χ0n) is 15.4. The largest absolute Gasteiger partial charge is 0.433 e. The summed E-state index contributed by atoms with van der Waals surface area (Å²) in [5, 5.41) is 11.4. The zero-order valence-corrected chi connectivity index (χ0v) is 16.2. The van der Waals surface area contributed by atoms with E-state index < -0.39 is 16.7 Å². The van der Waals surface area contributed by atoms with Crippen LogP contribution in [0.15, 0.2) is 34.7 Å². The Hall–Kier alpha value is -2.78. The molecule has 1 aromatic carbocycles. The minimum atomic E-state index is -0.656. The standard InChI is InChI=1S/C18H20N4O4S/c1-12-5-6-13-15(11-12)27-18(19-13)21(10-4-9-20(2)3)17(23)14-7-8-16(26-14)22(24)25/h5-8,11H,4,9-10H2,1-3H3/p+1. The summed E-state index contributed by atoms with van der Waals surface area (Å²) in [6, 6.07) is 8.46. The van der Waals surface area contributed by atoms with Crippen molar-refractivity contribution in [3.63, 3.8) is 0 Å². The van der Waals surface area contributed by atoms with Crippen LogP contribution in [0.4, 0.5) is 11.0 Å². The number of quaternary nitrogens is 1. The number of nitrogens with zero attached hydrogens (tertiary/aromatic N) is 3. The van der Waals surface area contributed by atoms with Crippen molar-refractivity contribution in [2.45, 2.75) is 13.3 Å². The Kier molecular flexibility index (Phi) is 5.52. The van der Waals surface area contributed by atoms with E-state index in [-0.39, 0.29) is 5.76 Å². The van der Waals surface area contributed by atoms with Crippen LogP contribution >= 0.6 is 11.3 Å². The summed E-state index contributed by atoms with van der Waals surface area (Å²) >= 11 is 1.43. The smallest absolute Gasteiger partial charge is 0.395 e. The molecule has 2 aromatic heterocycles. The van der Waals surface area contributed by atoms with E-state index in [1.54, 1.807) is 4.90 Å². The number of aromatic nitrogens is 1. The number of hydrogen-bond acceptors (Lipinski definition) is 6. The molecule has 0 spiro atoms. The van der Waals surface area contributed by atoms with Crippen LogP contribution in [-0.2, 0) is 0 Å². The molecule has 3 rings (SSSR count). The van der Waals surface area contributed by atoms with Gasteiger partial charge >= 0.3 is 5.88 Å². The molecule has 0 saturated heterocycles. The Morgan fingerprint density at radius 3 is 2.78 bits per heavy atom. The van der Waals surface area contributed by atoms with E-state index in [1.807, 2.05) is 39.2 Å². The van der Waals surface area contributed by atoms with Crippen molar-refractivity contribution >= 4 is 38.5 Å². The maximum Gasteiger partial charge on any atom is 0.433 e. The van der Waals surface area contributed by atoms with E-state index in [9.17, 15) is 14.9 Å². The summed E-state index contributed by atoms with van der Waals surface area (Å²) < 4.78 is 6.10. The molecule has 0 aliphatic heterocycles. The van der Waals surface area contributed by atoms with Crippen LogP contribution in [-0.4, -0.2) is 43.0 Å². The maximum absolute atomic E-state index is 13.0. The molecule has 27 heavy (non-hydrogen) atoms. The highest BCUT2D eigenvalue weighted by atomic mass is 32.1. The van der Waals surface area contributed by atoms with Gasteiger partial charge in [-0.05, 0) is 30.7 Å². The number of rotatable bonds is 7. The Morgan fingerprint density at radius 2 is 2.11 bits per heavy atom. The summed E-state index contributed by atoms with van der Waals surface area (Å²) in [6.45, 7) is 3.34. The molecule has 0 radical (unpaired) electrons. The van der Waals surface area contributed by atoms with Gasteiger partial charge < -0.3 is 9.32 Å². The number of carbonyl (C=O) groups excluding carboxylic acids is 1. The van der Waals surface area contributed by atoms with Crippen molar-refractivity contribution in [3.05, 3.63) is 51.8 Å². The van der Waals surface area contributed by atoms with E-state index in [4.69, 9.17) is 4.42 Å². The molecular weight excluding hydrogens is 368 g/mol. The molecule has 2 heterocycles. The van der Waals surface area contributed by atoms with Gasteiger partial charge in [0.15, 0.2) is 10.9 Å². The number of carbonyl (C=O) groups is 1. The van der Waals surface area contributed by atoms with Gasteiger partial charge in [0.1, 0.15) is 4.92 Å². The molecule has 142 valence electrons. The lowest BCUT2D eigenvalue weighted by Gasteiger charge is -2.19. The molecule has 3 aromatic rings. The van der Waals surface area contributed by atoms with E-state index in [0.717, 1.165) is 28.7 Å². The molecule has 0 unspecified atom stereocenters. The van der Waals surface area contributed by atoms with Gasteiger partial charge in [0.25, 0.3) is 5.91 Å². The first kappa shape index (κ1) is 19.0. The number of anilines is 1. The van der Waals surface area contributed by atoms with Crippen LogP contribution in [0.2, 0.25) is 0 Å². The minimum absolute atomic E-state index is 0.0608. The number of thiazole rings is 1. The molecule has 1 amide bonds. The molecule has 0 saturated carbocycles. The van der Waals surface area contributed by atoms with Gasteiger partial charge in [-0.15, -0.1) is 0 Å². The zero-order chi connectivity index (χ0) is 19.6. The topological polar surface area (TPSA) is 93.9 Å². The lowest BCUT2D eigenvalue weighted by Crippen LogP contribution is -3.05. The second kappa shape index (κ2) is 7.85. The number of aryl methyl sites for hydroxylation is 1. The van der Waals surface area contributed by atoms with Crippen molar-refractivity contribution in [2.24, 2.45) is 0 Å². The fraction of sp³-hybridized carbons (Fsp3) is 0.333. The number of nitrogens with one attached hydrogen (secondary N) is 1. The van der Waals surface area contributed by atoms with E-state index in [1.165, 1.54) is 28.4 Å². The summed E-state index contributed by atoms with van der Waals surface area (Å²) in [6.07, 6.45) is 0.770. The van der Waals surface area contributed by atoms with Gasteiger partial charge in [-0.25, -0.2) is 4.98 Å². The van der Waals surface area contributed by atoms with Crippen LogP contribution < -0.4 is 9.80 Å². The molecule has 0 aliphatic rings. The van der Waals surface area contributed by atoms with Gasteiger partial charge in [0.05, 0.1) is 36.9 Å². The molecule has 8 nitrogen and oxygen atoms in total. The maximum atomic E-state index is 13.0. The number of nitro groups is 1. The average molecular weight is 389 g/mol. The summed E-state index contributed by atoms with van der Waals surface area (Å²) in [7, 11) is 4.09. The van der Waals surface area contributed by atoms with Crippen LogP contribution in [0.5, 0.6) is 0 Å². The van der Waals surface area contributed by atoms with Crippen LogP contribution in [0.1, 0.15) is 22.5 Å². The van der Waals surface area contributed by atoms with Gasteiger partial charge in [-0.3, -0.25) is 19.8 Å². The molecule has 9 heteroatoms. The fourth-order valence-electron chi connectivity index (χ4n) is 2.68. The van der Waals surface area contributed by atoms with Gasteiger partial charge in [0.2, 0.25) is 0 Å². The highest BCUT2D eigenvalue weighted by Crippen LogP contribution is 2.31. The molecule has 0 bridgehead atoms. The first-order valence-corrected chi connectivity index (χ1v) is 9.39. The Morgan fingerprint density at radius 1 is 1.33 bits per heavy atom. The molecule has 0 atom stereocenters. The van der Waals surface area contributed by atoms with Crippen LogP contribution in [0.25, 0.3) is 10.2 Å². The third-order valence-corrected chi connectivity index (χ3v) is 5.09. The highest BCUT2D eigenvalue weighted by molar-refractivity contribution is 7.22. The quantitative estimate of drug-likeness (QED) is 0.494. The van der Waals surface area contributed by atoms with E-state index in [0.29, 0.717) is 11.7 Å². The summed E-state index contributed by atoms with van der Waals surface area (Å²) in [5.41, 5.74) is 1.94. The number of amides is 1. The molecule has 0 aliphatic carbocycles. The van der Waals surface area contributed by atoms with E-state index >= 15 is 0 Å². The average Bonchev–Trinajstić information content (AvgIpc) is 3.24. The van der Waals surface area contributed by atoms with Crippen molar-refractivity contribution in [1.29, 1.82) is 0 Å². The predicted octanol–water partition coefficient (Wildman–Crippen LogP) is 2.29. The molecular formula is C18H21N4O4S+. The Bertz CT molecular complexity index is 979. The molecule has 1 N–H and O–H groups in total. The monoisotopic (exact) mass is 389 g/mol. The Labute approximate surface area is 160 Å². The number of furan rings is 1. The van der Waals surface area contributed by atoms with Crippen LogP contribution in [0, 0.1) is 17.0 Å². The number of fused-ring (bicyclic) bond motifs is 1. The second-order valence-electron chi connectivity index (χ2n) is 6.63. The van der Waals surface area contributed by atoms with Crippen molar-refractivity contribution < 1.29 is 19.0 Å². The number of hydrogen-bond donors (Lipinski definition) is 1. The second-order valence-corrected chi connectivity index (χ2v) is 7.64. The first-order chi connectivity index (χ1) is 12.8. The third kappa shape index (κ3) is 4.32. The van der Waals surface area contributed by atoms with Crippen molar-refractivity contribution in [3.8, 4) is 0 Å². The van der Waals surface area contributed by atoms with Gasteiger partial charge in [-0.2, -0.15) is 0 Å². The molecule has 0 fully saturated rings. The highest BCUT2D eigenvalue weighted by Gasteiger charge is 2.26. The predicted molar refractivity (Wildman–Crippen MR) is 104 cm³/mol. The third-order valence-electron chi connectivity index (χ3n) is 4.05. The normalized spacial score (nSPS) is 11.3. The SMILES string of the molecule is Cc1ccc2nc(N(CCC[NH+](C)C)C(=O)c3ccc([N+](=O)[O-])o3)sc2c1. The van der Waals surface area contributed by atoms with E-state index in [2.05, 4.69) is 4.98 Å². The van der Waals surface area contributed by atoms with Crippen LogP contribution in [0.3, 0.4) is 0 Å².